The number of amides is 2. The van der Waals surface area contributed by atoms with E-state index in [-0.39, 0.29) is 6.03 Å². The number of rotatable bonds is 3. The van der Waals surface area contributed by atoms with E-state index in [4.69, 9.17) is 16.9 Å². The number of hydrogen-bond acceptors (Lipinski definition) is 2. The van der Waals surface area contributed by atoms with Crippen molar-refractivity contribution in [1.82, 2.24) is 10.6 Å². The van der Waals surface area contributed by atoms with Gasteiger partial charge < -0.3 is 10.6 Å². The maximum Gasteiger partial charge on any atom is 0.315 e. The van der Waals surface area contributed by atoms with Crippen LogP contribution in [0.1, 0.15) is 6.92 Å². The monoisotopic (exact) mass is 175 g/mol. The second-order valence-corrected chi connectivity index (χ2v) is 2.32. The Hall–Kier alpha value is -0.950. The van der Waals surface area contributed by atoms with Crippen molar-refractivity contribution in [3.8, 4) is 6.07 Å². The fourth-order valence-corrected chi connectivity index (χ4v) is 0.535. The summed E-state index contributed by atoms with van der Waals surface area (Å²) in [5, 5.41) is 13.1. The highest BCUT2D eigenvalue weighted by Crippen LogP contribution is 1.76. The van der Waals surface area contributed by atoms with Crippen molar-refractivity contribution in [2.75, 3.05) is 12.4 Å². The van der Waals surface area contributed by atoms with Gasteiger partial charge in [-0.1, -0.05) is 0 Å². The molecule has 1 atom stereocenters. The molecule has 0 aliphatic heterocycles. The zero-order chi connectivity index (χ0) is 8.69. The normalized spacial score (nSPS) is 11.4. The molecule has 0 aliphatic carbocycles. The minimum absolute atomic E-state index is 0.361. The molecule has 0 saturated carbocycles. The van der Waals surface area contributed by atoms with Gasteiger partial charge in [0.1, 0.15) is 6.04 Å². The van der Waals surface area contributed by atoms with E-state index >= 15 is 0 Å². The van der Waals surface area contributed by atoms with Crippen LogP contribution < -0.4 is 10.6 Å². The van der Waals surface area contributed by atoms with Crippen LogP contribution in [-0.2, 0) is 0 Å². The molecule has 0 aromatic carbocycles. The van der Waals surface area contributed by atoms with Gasteiger partial charge in [0.2, 0.25) is 0 Å². The minimum Gasteiger partial charge on any atom is -0.337 e. The van der Waals surface area contributed by atoms with Crippen LogP contribution in [0.25, 0.3) is 0 Å². The minimum atomic E-state index is -0.467. The number of nitrogens with one attached hydrogen (secondary N) is 2. The zero-order valence-electron chi connectivity index (χ0n) is 6.22. The molecule has 2 N–H and O–H groups in total. The van der Waals surface area contributed by atoms with E-state index in [0.717, 1.165) is 0 Å². The average molecular weight is 176 g/mol. The quantitative estimate of drug-likeness (QED) is 0.612. The first-order chi connectivity index (χ1) is 5.20. The Balaban J connectivity index is 3.46. The van der Waals surface area contributed by atoms with Gasteiger partial charge in [-0.3, -0.25) is 0 Å². The van der Waals surface area contributed by atoms with Crippen LogP contribution >= 0.6 is 11.6 Å². The second-order valence-electron chi connectivity index (χ2n) is 1.94. The fraction of sp³-hybridized carbons (Fsp3) is 0.667. The van der Waals surface area contributed by atoms with E-state index in [1.165, 1.54) is 0 Å². The van der Waals surface area contributed by atoms with Gasteiger partial charge in [-0.05, 0) is 6.92 Å². The lowest BCUT2D eigenvalue weighted by Gasteiger charge is -2.06. The number of hydrogen-bond donors (Lipinski definition) is 2. The Morgan fingerprint density at radius 3 is 2.91 bits per heavy atom. The van der Waals surface area contributed by atoms with Gasteiger partial charge in [-0.2, -0.15) is 5.26 Å². The number of nitrogens with zero attached hydrogens (tertiary/aromatic N) is 1. The van der Waals surface area contributed by atoms with E-state index in [1.807, 2.05) is 6.07 Å². The van der Waals surface area contributed by atoms with E-state index in [1.54, 1.807) is 6.92 Å². The summed E-state index contributed by atoms with van der Waals surface area (Å²) in [4.78, 5) is 10.7. The van der Waals surface area contributed by atoms with Gasteiger partial charge in [-0.25, -0.2) is 4.79 Å². The molecule has 1 unspecified atom stereocenters. The van der Waals surface area contributed by atoms with E-state index in [0.29, 0.717) is 12.4 Å². The van der Waals surface area contributed by atoms with Crippen LogP contribution in [-0.4, -0.2) is 24.5 Å². The summed E-state index contributed by atoms with van der Waals surface area (Å²) in [6, 6.07) is 1.04. The lowest BCUT2D eigenvalue weighted by Crippen LogP contribution is -2.40. The van der Waals surface area contributed by atoms with Crippen LogP contribution in [0.4, 0.5) is 4.79 Å². The highest BCUT2D eigenvalue weighted by Gasteiger charge is 2.02. The maximum atomic E-state index is 10.7. The highest BCUT2D eigenvalue weighted by atomic mass is 35.5. The highest BCUT2D eigenvalue weighted by molar-refractivity contribution is 6.18. The van der Waals surface area contributed by atoms with Crippen molar-refractivity contribution < 1.29 is 4.79 Å². The van der Waals surface area contributed by atoms with Crippen LogP contribution in [0.3, 0.4) is 0 Å². The van der Waals surface area contributed by atoms with E-state index in [2.05, 4.69) is 10.6 Å². The Morgan fingerprint density at radius 2 is 2.45 bits per heavy atom. The Bertz CT molecular complexity index is 166. The molecule has 5 heteroatoms. The first-order valence-electron chi connectivity index (χ1n) is 3.20. The van der Waals surface area contributed by atoms with Crippen molar-refractivity contribution in [1.29, 1.82) is 5.26 Å². The zero-order valence-corrected chi connectivity index (χ0v) is 6.98. The van der Waals surface area contributed by atoms with Crippen molar-refractivity contribution in [3.05, 3.63) is 0 Å². The van der Waals surface area contributed by atoms with Crippen molar-refractivity contribution in [3.63, 3.8) is 0 Å². The molecular formula is C6H10ClN3O. The maximum absolute atomic E-state index is 10.7. The first-order valence-corrected chi connectivity index (χ1v) is 3.74. The topological polar surface area (TPSA) is 64.9 Å². The molecule has 11 heavy (non-hydrogen) atoms. The van der Waals surface area contributed by atoms with Crippen molar-refractivity contribution in [2.24, 2.45) is 0 Å². The molecule has 0 saturated heterocycles. The first kappa shape index (κ1) is 10.0. The molecule has 0 aromatic rings. The summed E-state index contributed by atoms with van der Waals surface area (Å²) in [6.07, 6.45) is 0. The Kier molecular flexibility index (Phi) is 5.30. The number of carbonyl (C=O) groups excluding carboxylic acids is 1. The number of nitriles is 1. The largest absolute Gasteiger partial charge is 0.337 e. The second kappa shape index (κ2) is 5.81. The molecule has 0 radical (unpaired) electrons. The van der Waals surface area contributed by atoms with Gasteiger partial charge in [0.25, 0.3) is 0 Å². The third kappa shape index (κ3) is 5.49. The molecular weight excluding hydrogens is 166 g/mol. The molecule has 0 aliphatic rings. The van der Waals surface area contributed by atoms with Crippen LogP contribution in [0.2, 0.25) is 0 Å². The summed E-state index contributed by atoms with van der Waals surface area (Å²) < 4.78 is 0. The van der Waals surface area contributed by atoms with Gasteiger partial charge in [0.15, 0.2) is 0 Å². The third-order valence-corrected chi connectivity index (χ3v) is 1.11. The predicted molar refractivity (Wildman–Crippen MR) is 42.3 cm³/mol. The number of alkyl halides is 1. The summed E-state index contributed by atoms with van der Waals surface area (Å²) in [7, 11) is 0. The van der Waals surface area contributed by atoms with Crippen LogP contribution in [0, 0.1) is 11.3 Å². The molecule has 2 amide bonds. The summed E-state index contributed by atoms with van der Waals surface area (Å²) in [6.45, 7) is 2.01. The molecule has 0 fully saturated rings. The predicted octanol–water partition coefficient (Wildman–Crippen LogP) is 0.436. The fourth-order valence-electron chi connectivity index (χ4n) is 0.441. The number of halogens is 1. The number of carbonyl (C=O) groups is 1. The van der Waals surface area contributed by atoms with Crippen LogP contribution in [0.15, 0.2) is 0 Å². The van der Waals surface area contributed by atoms with Crippen molar-refractivity contribution >= 4 is 17.6 Å². The van der Waals surface area contributed by atoms with Crippen LogP contribution in [0.5, 0.6) is 0 Å². The summed E-state index contributed by atoms with van der Waals surface area (Å²) in [5.41, 5.74) is 0. The third-order valence-electron chi connectivity index (χ3n) is 0.921. The molecule has 4 nitrogen and oxygen atoms in total. The molecule has 62 valence electrons. The number of urea groups is 1. The van der Waals surface area contributed by atoms with Crippen molar-refractivity contribution in [2.45, 2.75) is 13.0 Å². The van der Waals surface area contributed by atoms with Gasteiger partial charge >= 0.3 is 6.03 Å². The molecule has 0 rings (SSSR count). The summed E-state index contributed by atoms with van der Waals surface area (Å²) >= 11 is 5.31. The Labute approximate surface area is 70.5 Å². The van der Waals surface area contributed by atoms with Gasteiger partial charge in [0.05, 0.1) is 6.07 Å². The van der Waals surface area contributed by atoms with E-state index in [9.17, 15) is 4.79 Å². The van der Waals surface area contributed by atoms with E-state index < -0.39 is 6.04 Å². The molecule has 0 heterocycles. The lowest BCUT2D eigenvalue weighted by atomic mass is 10.4. The summed E-state index contributed by atoms with van der Waals surface area (Å²) in [5.74, 6) is 0.369. The lowest BCUT2D eigenvalue weighted by molar-refractivity contribution is 0.240. The van der Waals surface area contributed by atoms with Gasteiger partial charge in [-0.15, -0.1) is 11.6 Å². The average Bonchev–Trinajstić information content (AvgIpc) is 2.00. The Morgan fingerprint density at radius 1 is 1.82 bits per heavy atom. The standard InChI is InChI=1S/C6H10ClN3O/c1-5(4-8)10-6(11)9-3-2-7/h5H,2-3H2,1H3,(H2,9,10,11). The van der Waals surface area contributed by atoms with Gasteiger partial charge in [0, 0.05) is 12.4 Å². The smallest absolute Gasteiger partial charge is 0.315 e. The molecule has 0 aromatic heterocycles. The molecule has 0 spiro atoms. The SMILES string of the molecule is CC(C#N)NC(=O)NCCCl. The molecule has 0 bridgehead atoms.